The molecule has 0 amide bonds. The van der Waals surface area contributed by atoms with Gasteiger partial charge in [-0.25, -0.2) is 0 Å². The third-order valence-corrected chi connectivity index (χ3v) is 7.24. The van der Waals surface area contributed by atoms with Crippen LogP contribution in [0.1, 0.15) is 102 Å². The van der Waals surface area contributed by atoms with Gasteiger partial charge in [-0.2, -0.15) is 0 Å². The van der Waals surface area contributed by atoms with Gasteiger partial charge >= 0.3 is 0 Å². The Kier molecular flexibility index (Phi) is 17.9. The van der Waals surface area contributed by atoms with E-state index in [1.165, 1.54) is 72.4 Å². The van der Waals surface area contributed by atoms with Gasteiger partial charge in [-0.15, -0.1) is 13.2 Å². The fourth-order valence-electron chi connectivity index (χ4n) is 5.27. The first-order chi connectivity index (χ1) is 20.2. The molecule has 0 saturated carbocycles. The van der Waals surface area contributed by atoms with Gasteiger partial charge in [-0.3, -0.25) is 0 Å². The van der Waals surface area contributed by atoms with E-state index in [-0.39, 0.29) is 6.61 Å². The largest absolute Gasteiger partial charge is 0.391 e. The molecule has 0 atom stereocenters. The average molecular weight is 594 g/mol. The SMILES string of the molecule is C=C.CC(C)(C)O.CC=O.CCc1ccc2c(c1)CN(C)c1c-2cc(C2=CCC(C)(C)CC2)c(CC)c1C.COCC=O. The molecule has 1 N–H and O–H groups in total. The maximum atomic E-state index is 9.28. The van der Waals surface area contributed by atoms with Crippen LogP contribution < -0.4 is 4.90 Å². The molecule has 0 bridgehead atoms. The highest BCUT2D eigenvalue weighted by Gasteiger charge is 2.28. The number of benzene rings is 2. The number of rotatable bonds is 5. The number of allylic oxidation sites excluding steroid dienone is 2. The number of ether oxygens (including phenoxy) is 1. The van der Waals surface area contributed by atoms with E-state index < -0.39 is 5.60 Å². The normalized spacial score (nSPS) is 14.2. The van der Waals surface area contributed by atoms with Crippen LogP contribution in [0.25, 0.3) is 16.7 Å². The van der Waals surface area contributed by atoms with Gasteiger partial charge in [-0.1, -0.05) is 52.0 Å². The summed E-state index contributed by atoms with van der Waals surface area (Å²) in [5.41, 5.74) is 13.3. The van der Waals surface area contributed by atoms with Gasteiger partial charge in [0.2, 0.25) is 0 Å². The first-order valence-corrected chi connectivity index (χ1v) is 15.4. The Morgan fingerprint density at radius 2 is 1.63 bits per heavy atom. The summed E-state index contributed by atoms with van der Waals surface area (Å²) in [6.45, 7) is 25.6. The third kappa shape index (κ3) is 13.0. The van der Waals surface area contributed by atoms with Crippen molar-refractivity contribution in [3.05, 3.63) is 71.3 Å². The van der Waals surface area contributed by atoms with E-state index in [1.54, 1.807) is 31.9 Å². The van der Waals surface area contributed by atoms with Crippen LogP contribution in [0.15, 0.2) is 43.5 Å². The Bertz CT molecular complexity index is 1180. The summed E-state index contributed by atoms with van der Waals surface area (Å²) in [6.07, 6.45) is 9.87. The summed E-state index contributed by atoms with van der Waals surface area (Å²) >= 11 is 0. The molecule has 0 spiro atoms. The first kappa shape index (κ1) is 40.0. The van der Waals surface area contributed by atoms with Crippen molar-refractivity contribution >= 4 is 23.8 Å². The van der Waals surface area contributed by atoms with Crippen molar-refractivity contribution in [2.24, 2.45) is 5.41 Å². The van der Waals surface area contributed by atoms with Crippen molar-refractivity contribution in [1.82, 2.24) is 0 Å². The molecular formula is C38H59NO4. The molecule has 1 heterocycles. The van der Waals surface area contributed by atoms with Crippen LogP contribution >= 0.6 is 0 Å². The lowest BCUT2D eigenvalue weighted by molar-refractivity contribution is -0.111. The number of aliphatic hydroxyl groups is 1. The molecule has 2 aromatic carbocycles. The number of aldehydes is 2. The maximum Gasteiger partial charge on any atom is 0.145 e. The standard InChI is InChI=1S/C27H35N.C4H10O.C3H6O2.C2H4O.C2H4/c1-7-19-9-10-23-21(15-19)17-28(6)26-18(3)22(8-2)24(16-25(23)26)20-11-13-27(4,5)14-12-20;1-4(2,3)5;1-5-3-2-4;1-2-3;1-2/h9-11,15-16H,7-8,12-14,17H2,1-6H3;5H,1-3H3;2H,3H2,1H3;2H,1H3;1-2H2. The van der Waals surface area contributed by atoms with Crippen LogP contribution in [0.3, 0.4) is 0 Å². The fourth-order valence-corrected chi connectivity index (χ4v) is 5.27. The predicted octanol–water partition coefficient (Wildman–Crippen LogP) is 8.95. The Morgan fingerprint density at radius 3 is 2.05 bits per heavy atom. The monoisotopic (exact) mass is 593 g/mol. The van der Waals surface area contributed by atoms with Gasteiger partial charge in [0.1, 0.15) is 19.2 Å². The van der Waals surface area contributed by atoms with Crippen molar-refractivity contribution in [2.75, 3.05) is 25.7 Å². The minimum Gasteiger partial charge on any atom is -0.391 e. The van der Waals surface area contributed by atoms with E-state index in [4.69, 9.17) is 9.90 Å². The van der Waals surface area contributed by atoms with Crippen LogP contribution in [-0.2, 0) is 33.7 Å². The zero-order valence-electron chi connectivity index (χ0n) is 29.0. The van der Waals surface area contributed by atoms with Crippen molar-refractivity contribution in [3.8, 4) is 11.1 Å². The van der Waals surface area contributed by atoms with Crippen molar-refractivity contribution < 1.29 is 19.4 Å². The summed E-state index contributed by atoms with van der Waals surface area (Å²) in [7, 11) is 3.74. The van der Waals surface area contributed by atoms with E-state index in [0.29, 0.717) is 11.7 Å². The molecule has 240 valence electrons. The summed E-state index contributed by atoms with van der Waals surface area (Å²) in [5, 5.41) is 8.52. The molecule has 2 aliphatic rings. The number of carbonyl (C=O) groups is 2. The van der Waals surface area contributed by atoms with Gasteiger partial charge in [-0.05, 0) is 117 Å². The predicted molar refractivity (Wildman–Crippen MR) is 186 cm³/mol. The number of aryl methyl sites for hydroxylation is 1. The Hall–Kier alpha value is -3.02. The lowest BCUT2D eigenvalue weighted by atomic mass is 9.75. The second kappa shape index (κ2) is 19.3. The first-order valence-electron chi connectivity index (χ1n) is 15.4. The van der Waals surface area contributed by atoms with Crippen LogP contribution in [0.5, 0.6) is 0 Å². The highest BCUT2D eigenvalue weighted by Crippen LogP contribution is 2.46. The van der Waals surface area contributed by atoms with Gasteiger partial charge in [0.05, 0.1) is 5.60 Å². The Morgan fingerprint density at radius 1 is 1.05 bits per heavy atom. The second-order valence-electron chi connectivity index (χ2n) is 12.6. The number of hydrogen-bond donors (Lipinski definition) is 1. The molecule has 4 rings (SSSR count). The van der Waals surface area contributed by atoms with E-state index in [1.807, 2.05) is 0 Å². The quantitative estimate of drug-likeness (QED) is 0.277. The summed E-state index contributed by atoms with van der Waals surface area (Å²) in [4.78, 5) is 20.6. The zero-order valence-corrected chi connectivity index (χ0v) is 29.0. The smallest absolute Gasteiger partial charge is 0.145 e. The van der Waals surface area contributed by atoms with E-state index in [0.717, 1.165) is 25.7 Å². The number of fused-ring (bicyclic) bond motifs is 3. The van der Waals surface area contributed by atoms with E-state index >= 15 is 0 Å². The number of anilines is 1. The molecule has 0 fully saturated rings. The lowest BCUT2D eigenvalue weighted by Crippen LogP contribution is -2.24. The molecule has 1 aliphatic carbocycles. The van der Waals surface area contributed by atoms with E-state index in [2.05, 4.69) is 94.8 Å². The van der Waals surface area contributed by atoms with Crippen molar-refractivity contribution in [2.45, 2.75) is 107 Å². The average Bonchev–Trinajstić information content (AvgIpc) is 2.94. The highest BCUT2D eigenvalue weighted by atomic mass is 16.5. The van der Waals surface area contributed by atoms with Gasteiger partial charge in [0.25, 0.3) is 0 Å². The third-order valence-electron chi connectivity index (χ3n) is 7.24. The minimum atomic E-state index is -0.500. The lowest BCUT2D eigenvalue weighted by Gasteiger charge is -2.35. The molecule has 1 aliphatic heterocycles. The summed E-state index contributed by atoms with van der Waals surface area (Å²) < 4.78 is 4.32. The fraction of sp³-hybridized carbons (Fsp3) is 0.526. The van der Waals surface area contributed by atoms with Crippen LogP contribution in [0.2, 0.25) is 0 Å². The molecule has 5 nitrogen and oxygen atoms in total. The van der Waals surface area contributed by atoms with Gasteiger partial charge < -0.3 is 24.3 Å². The van der Waals surface area contributed by atoms with Crippen LogP contribution in [0, 0.1) is 12.3 Å². The molecule has 0 saturated heterocycles. The Balaban J connectivity index is 0.000000988. The number of methoxy groups -OCH3 is 1. The molecule has 43 heavy (non-hydrogen) atoms. The summed E-state index contributed by atoms with van der Waals surface area (Å²) in [5.74, 6) is 0. The summed E-state index contributed by atoms with van der Waals surface area (Å²) in [6, 6.07) is 9.62. The van der Waals surface area contributed by atoms with E-state index in [9.17, 15) is 4.79 Å². The zero-order chi connectivity index (χ0) is 33.4. The molecule has 0 radical (unpaired) electrons. The number of nitrogens with zero attached hydrogens (tertiary/aromatic N) is 1. The van der Waals surface area contributed by atoms with Crippen LogP contribution in [-0.4, -0.2) is 44.0 Å². The van der Waals surface area contributed by atoms with Crippen LogP contribution in [0.4, 0.5) is 5.69 Å². The molecular weight excluding hydrogens is 534 g/mol. The Labute approximate surface area is 263 Å². The minimum absolute atomic E-state index is 0.208. The van der Waals surface area contributed by atoms with Gasteiger partial charge in [0.15, 0.2) is 0 Å². The number of carbonyl (C=O) groups excluding carboxylic acids is 2. The highest BCUT2D eigenvalue weighted by molar-refractivity contribution is 5.90. The van der Waals surface area contributed by atoms with Crippen molar-refractivity contribution in [1.29, 1.82) is 0 Å². The molecule has 2 aromatic rings. The molecule has 0 aromatic heterocycles. The van der Waals surface area contributed by atoms with Crippen molar-refractivity contribution in [3.63, 3.8) is 0 Å². The maximum absolute atomic E-state index is 9.28. The van der Waals surface area contributed by atoms with Gasteiger partial charge in [0, 0.05) is 32.0 Å². The number of hydrogen-bond acceptors (Lipinski definition) is 5. The molecule has 0 unspecified atom stereocenters. The molecule has 5 heteroatoms. The topological polar surface area (TPSA) is 66.8 Å². The second-order valence-corrected chi connectivity index (χ2v) is 12.6.